The molecule has 154 valence electrons. The van der Waals surface area contributed by atoms with Crippen molar-refractivity contribution in [1.82, 2.24) is 5.32 Å². The summed E-state index contributed by atoms with van der Waals surface area (Å²) in [4.78, 5) is 12.2. The highest BCUT2D eigenvalue weighted by Gasteiger charge is 2.23. The highest BCUT2D eigenvalue weighted by Crippen LogP contribution is 2.21. The Bertz CT molecular complexity index is 553. The molecule has 0 atom stereocenters. The van der Waals surface area contributed by atoms with Crippen molar-refractivity contribution in [2.24, 2.45) is 0 Å². The third-order valence-corrected chi connectivity index (χ3v) is 4.47. The first-order valence-electron chi connectivity index (χ1n) is 9.99. The van der Waals surface area contributed by atoms with Crippen LogP contribution >= 0.6 is 0 Å². The average molecular weight is 379 g/mol. The molecular weight excluding hydrogens is 340 g/mol. The largest absolute Gasteiger partial charge is 0.375 e. The Kier molecular flexibility index (Phi) is 9.99. The van der Waals surface area contributed by atoms with Crippen LogP contribution in [0.15, 0.2) is 24.3 Å². The summed E-state index contributed by atoms with van der Waals surface area (Å²) in [5.41, 5.74) is 1.50. The van der Waals surface area contributed by atoms with E-state index in [4.69, 9.17) is 9.47 Å². The van der Waals surface area contributed by atoms with Crippen LogP contribution in [0.3, 0.4) is 0 Å². The van der Waals surface area contributed by atoms with Crippen molar-refractivity contribution < 1.29 is 14.3 Å². The fraction of sp³-hybridized carbons (Fsp3) is 0.682. The second kappa shape index (κ2) is 11.4. The minimum atomic E-state index is -0.338. The van der Waals surface area contributed by atoms with Crippen LogP contribution in [0.5, 0.6) is 0 Å². The second-order valence-corrected chi connectivity index (χ2v) is 8.24. The minimum Gasteiger partial charge on any atom is -0.375 e. The number of anilines is 1. The van der Waals surface area contributed by atoms with Gasteiger partial charge >= 0.3 is 0 Å². The lowest BCUT2D eigenvalue weighted by Crippen LogP contribution is -2.31. The van der Waals surface area contributed by atoms with E-state index in [9.17, 15) is 4.79 Å². The van der Waals surface area contributed by atoms with E-state index < -0.39 is 0 Å². The number of hydrogen-bond acceptors (Lipinski definition) is 4. The molecule has 0 unspecified atom stereocenters. The van der Waals surface area contributed by atoms with Crippen molar-refractivity contribution in [3.8, 4) is 0 Å². The van der Waals surface area contributed by atoms with Gasteiger partial charge in [-0.1, -0.05) is 19.1 Å². The van der Waals surface area contributed by atoms with E-state index in [2.05, 4.69) is 31.4 Å². The predicted octanol–water partition coefficient (Wildman–Crippen LogP) is 4.52. The summed E-state index contributed by atoms with van der Waals surface area (Å²) < 4.78 is 11.9. The molecule has 27 heavy (non-hydrogen) atoms. The van der Waals surface area contributed by atoms with Crippen LogP contribution in [0.4, 0.5) is 5.69 Å². The highest BCUT2D eigenvalue weighted by molar-refractivity contribution is 5.90. The molecule has 0 saturated heterocycles. The standard InChI is InChI=1S/C22H38N2O3/c1-7-15-26-22(4,5)14-16-27-21(2,3)13-12-20(25)24-19-10-8-18(9-11-19)17-23-6/h8-11,23H,7,12-17H2,1-6H3,(H,24,25). The molecule has 0 aliphatic heterocycles. The molecule has 0 heterocycles. The molecule has 0 radical (unpaired) electrons. The molecule has 1 amide bonds. The van der Waals surface area contributed by atoms with Gasteiger partial charge in [0, 0.05) is 25.3 Å². The maximum Gasteiger partial charge on any atom is 0.224 e. The molecular formula is C22H38N2O3. The van der Waals surface area contributed by atoms with E-state index in [1.165, 1.54) is 5.56 Å². The summed E-state index contributed by atoms with van der Waals surface area (Å²) >= 11 is 0. The maximum absolute atomic E-state index is 12.2. The van der Waals surface area contributed by atoms with Gasteiger partial charge in [-0.3, -0.25) is 4.79 Å². The minimum absolute atomic E-state index is 0.0136. The molecule has 0 saturated carbocycles. The van der Waals surface area contributed by atoms with Crippen LogP contribution in [0.25, 0.3) is 0 Å². The van der Waals surface area contributed by atoms with Crippen LogP contribution < -0.4 is 10.6 Å². The molecule has 0 aliphatic rings. The Hall–Kier alpha value is -1.43. The number of benzene rings is 1. The van der Waals surface area contributed by atoms with E-state index in [0.717, 1.165) is 31.7 Å². The van der Waals surface area contributed by atoms with Crippen LogP contribution in [0, 0.1) is 0 Å². The predicted molar refractivity (Wildman–Crippen MR) is 112 cm³/mol. The van der Waals surface area contributed by atoms with Gasteiger partial charge in [-0.25, -0.2) is 0 Å². The lowest BCUT2D eigenvalue weighted by molar-refractivity contribution is -0.118. The number of nitrogens with one attached hydrogen (secondary N) is 2. The van der Waals surface area contributed by atoms with Gasteiger partial charge < -0.3 is 20.1 Å². The van der Waals surface area contributed by atoms with Crippen LogP contribution in [0.2, 0.25) is 0 Å². The summed E-state index contributed by atoms with van der Waals surface area (Å²) in [7, 11) is 1.92. The van der Waals surface area contributed by atoms with Crippen LogP contribution in [-0.4, -0.2) is 37.4 Å². The SMILES string of the molecule is CCCOC(C)(C)CCOC(C)(C)CCC(=O)Nc1ccc(CNC)cc1. The van der Waals surface area contributed by atoms with Gasteiger partial charge in [0.25, 0.3) is 0 Å². The third-order valence-electron chi connectivity index (χ3n) is 4.47. The summed E-state index contributed by atoms with van der Waals surface area (Å²) in [5, 5.41) is 6.06. The molecule has 0 aromatic heterocycles. The normalized spacial score (nSPS) is 12.2. The van der Waals surface area contributed by atoms with Crippen LogP contribution in [0.1, 0.15) is 65.9 Å². The first kappa shape index (κ1) is 23.6. The molecule has 5 nitrogen and oxygen atoms in total. The molecule has 2 N–H and O–H groups in total. The van der Waals surface area contributed by atoms with Crippen molar-refractivity contribution in [3.05, 3.63) is 29.8 Å². The van der Waals surface area contributed by atoms with E-state index in [1.54, 1.807) is 0 Å². The van der Waals surface area contributed by atoms with Crippen molar-refractivity contribution >= 4 is 11.6 Å². The Morgan fingerprint density at radius 2 is 1.56 bits per heavy atom. The number of hydrogen-bond donors (Lipinski definition) is 2. The Labute approximate surface area is 165 Å². The molecule has 5 heteroatoms. The topological polar surface area (TPSA) is 59.6 Å². The van der Waals surface area contributed by atoms with E-state index in [0.29, 0.717) is 19.4 Å². The third kappa shape index (κ3) is 10.5. The molecule has 1 aromatic rings. The van der Waals surface area contributed by atoms with E-state index >= 15 is 0 Å². The Morgan fingerprint density at radius 1 is 0.963 bits per heavy atom. The first-order valence-corrected chi connectivity index (χ1v) is 9.99. The monoisotopic (exact) mass is 378 g/mol. The Morgan fingerprint density at radius 3 is 2.15 bits per heavy atom. The van der Waals surface area contributed by atoms with Gasteiger partial charge in [-0.05, 0) is 71.7 Å². The van der Waals surface area contributed by atoms with Crippen molar-refractivity contribution in [1.29, 1.82) is 0 Å². The molecule has 0 aliphatic carbocycles. The number of ether oxygens (including phenoxy) is 2. The van der Waals surface area contributed by atoms with E-state index in [-0.39, 0.29) is 17.1 Å². The average Bonchev–Trinajstić information content (AvgIpc) is 2.60. The number of rotatable bonds is 13. The Balaban J connectivity index is 2.34. The fourth-order valence-corrected chi connectivity index (χ4v) is 2.64. The zero-order chi connectivity index (χ0) is 20.3. The quantitative estimate of drug-likeness (QED) is 0.530. The molecule has 1 aromatic carbocycles. The fourth-order valence-electron chi connectivity index (χ4n) is 2.64. The molecule has 0 fully saturated rings. The molecule has 1 rings (SSSR count). The van der Waals surface area contributed by atoms with Crippen LogP contribution in [-0.2, 0) is 20.8 Å². The summed E-state index contributed by atoms with van der Waals surface area (Å²) in [6.45, 7) is 12.6. The summed E-state index contributed by atoms with van der Waals surface area (Å²) in [6.07, 6.45) is 2.96. The zero-order valence-corrected chi connectivity index (χ0v) is 18.0. The first-order chi connectivity index (χ1) is 12.7. The van der Waals surface area contributed by atoms with Gasteiger partial charge in [0.15, 0.2) is 0 Å². The smallest absolute Gasteiger partial charge is 0.224 e. The number of carbonyl (C=O) groups excluding carboxylic acids is 1. The van der Waals surface area contributed by atoms with Gasteiger partial charge in [0.05, 0.1) is 17.8 Å². The lowest BCUT2D eigenvalue weighted by Gasteiger charge is -2.29. The number of carbonyl (C=O) groups is 1. The van der Waals surface area contributed by atoms with Crippen molar-refractivity contribution in [2.45, 2.75) is 78.0 Å². The lowest BCUT2D eigenvalue weighted by atomic mass is 10.0. The highest BCUT2D eigenvalue weighted by atomic mass is 16.5. The van der Waals surface area contributed by atoms with Gasteiger partial charge in [-0.2, -0.15) is 0 Å². The van der Waals surface area contributed by atoms with Crippen molar-refractivity contribution in [3.63, 3.8) is 0 Å². The number of amides is 1. The zero-order valence-electron chi connectivity index (χ0n) is 18.0. The van der Waals surface area contributed by atoms with Gasteiger partial charge in [0.2, 0.25) is 5.91 Å². The molecule has 0 spiro atoms. The summed E-state index contributed by atoms with van der Waals surface area (Å²) in [6, 6.07) is 7.90. The summed E-state index contributed by atoms with van der Waals surface area (Å²) in [5.74, 6) is 0.0136. The van der Waals surface area contributed by atoms with E-state index in [1.807, 2.05) is 45.2 Å². The maximum atomic E-state index is 12.2. The van der Waals surface area contributed by atoms with Crippen molar-refractivity contribution in [2.75, 3.05) is 25.6 Å². The molecule has 0 bridgehead atoms. The van der Waals surface area contributed by atoms with Gasteiger partial charge in [-0.15, -0.1) is 0 Å². The van der Waals surface area contributed by atoms with Gasteiger partial charge in [0.1, 0.15) is 0 Å². The second-order valence-electron chi connectivity index (χ2n) is 8.24.